The van der Waals surface area contributed by atoms with Crippen LogP contribution in [0.2, 0.25) is 0 Å². The van der Waals surface area contributed by atoms with Crippen LogP contribution in [0, 0.1) is 0 Å². The Kier molecular flexibility index (Phi) is 3.51. The summed E-state index contributed by atoms with van der Waals surface area (Å²) < 4.78 is 5.20. The maximum absolute atomic E-state index is 11.3. The van der Waals surface area contributed by atoms with Crippen LogP contribution in [-0.4, -0.2) is 18.7 Å². The molecule has 0 aromatic carbocycles. The number of fused-ring (bicyclic) bond motifs is 1. The average Bonchev–Trinajstić information content (AvgIpc) is 2.68. The van der Waals surface area contributed by atoms with Crippen molar-refractivity contribution in [1.82, 2.24) is 0 Å². The summed E-state index contributed by atoms with van der Waals surface area (Å²) >= 11 is 1.53. The summed E-state index contributed by atoms with van der Waals surface area (Å²) in [5.74, 6) is -0.308. The summed E-state index contributed by atoms with van der Waals surface area (Å²) in [4.78, 5) is 16.8. The van der Waals surface area contributed by atoms with E-state index < -0.39 is 0 Å². The van der Waals surface area contributed by atoms with Gasteiger partial charge in [-0.05, 0) is 6.42 Å². The molecule has 0 amide bonds. The Bertz CT molecular complexity index is 446. The fraction of sp³-hybridized carbons (Fsp3) is 0.333. The number of hydrogen-bond acceptors (Lipinski definition) is 4. The van der Waals surface area contributed by atoms with Crippen LogP contribution in [0.4, 0.5) is 0 Å². The minimum atomic E-state index is -0.308. The Morgan fingerprint density at radius 2 is 2.56 bits per heavy atom. The topological polar surface area (TPSA) is 38.7 Å². The van der Waals surface area contributed by atoms with Gasteiger partial charge >= 0.3 is 5.97 Å². The molecule has 1 aromatic heterocycles. The van der Waals surface area contributed by atoms with E-state index in [4.69, 9.17) is 4.74 Å². The molecule has 1 aliphatic heterocycles. The third kappa shape index (κ3) is 2.58. The van der Waals surface area contributed by atoms with Crippen molar-refractivity contribution < 1.29 is 9.53 Å². The SMILES string of the molecule is CCC=CC(=O)Oc1cc2c(s1)CCN=C2. The molecule has 1 aromatic rings. The van der Waals surface area contributed by atoms with Crippen LogP contribution in [0.25, 0.3) is 0 Å². The van der Waals surface area contributed by atoms with E-state index in [0.717, 1.165) is 24.9 Å². The minimum absolute atomic E-state index is 0.308. The van der Waals surface area contributed by atoms with E-state index >= 15 is 0 Å². The van der Waals surface area contributed by atoms with E-state index in [1.807, 2.05) is 19.2 Å². The first kappa shape index (κ1) is 11.1. The Morgan fingerprint density at radius 3 is 3.31 bits per heavy atom. The molecular weight excluding hydrogens is 222 g/mol. The third-order valence-corrected chi connectivity index (χ3v) is 3.30. The molecule has 0 atom stereocenters. The lowest BCUT2D eigenvalue weighted by molar-refractivity contribution is -0.128. The lowest BCUT2D eigenvalue weighted by Gasteiger charge is -2.00. The van der Waals surface area contributed by atoms with Gasteiger partial charge in [0, 0.05) is 41.8 Å². The van der Waals surface area contributed by atoms with Gasteiger partial charge in [0.2, 0.25) is 0 Å². The van der Waals surface area contributed by atoms with Crippen LogP contribution in [0.15, 0.2) is 23.2 Å². The number of aliphatic imine (C=N–C) groups is 1. The van der Waals surface area contributed by atoms with Crippen LogP contribution in [-0.2, 0) is 11.2 Å². The zero-order valence-corrected chi connectivity index (χ0v) is 9.92. The molecule has 4 heteroatoms. The summed E-state index contributed by atoms with van der Waals surface area (Å²) in [5, 5.41) is 0.657. The van der Waals surface area contributed by atoms with Crippen molar-refractivity contribution in [3.05, 3.63) is 28.7 Å². The highest BCUT2D eigenvalue weighted by Crippen LogP contribution is 2.30. The van der Waals surface area contributed by atoms with Crippen LogP contribution >= 0.6 is 11.3 Å². The lowest BCUT2D eigenvalue weighted by Crippen LogP contribution is -2.01. The monoisotopic (exact) mass is 235 g/mol. The molecule has 3 nitrogen and oxygen atoms in total. The second-order valence-corrected chi connectivity index (χ2v) is 4.56. The highest BCUT2D eigenvalue weighted by Gasteiger charge is 2.12. The Labute approximate surface area is 98.5 Å². The number of thiophene rings is 1. The lowest BCUT2D eigenvalue weighted by atomic mass is 10.2. The number of carbonyl (C=O) groups is 1. The molecule has 0 radical (unpaired) electrons. The van der Waals surface area contributed by atoms with Gasteiger partial charge < -0.3 is 4.74 Å². The predicted octanol–water partition coefficient (Wildman–Crippen LogP) is 2.59. The van der Waals surface area contributed by atoms with Crippen molar-refractivity contribution in [2.75, 3.05) is 6.54 Å². The molecule has 84 valence electrons. The second-order valence-electron chi connectivity index (χ2n) is 3.46. The van der Waals surface area contributed by atoms with Gasteiger partial charge in [0.1, 0.15) is 0 Å². The first-order chi connectivity index (χ1) is 7.79. The summed E-state index contributed by atoms with van der Waals surface area (Å²) in [6, 6.07) is 1.88. The molecule has 0 fully saturated rings. The number of allylic oxidation sites excluding steroid dienone is 1. The maximum atomic E-state index is 11.3. The minimum Gasteiger partial charge on any atom is -0.412 e. The average molecular weight is 235 g/mol. The van der Waals surface area contributed by atoms with E-state index in [0.29, 0.717) is 5.06 Å². The Balaban J connectivity index is 2.05. The van der Waals surface area contributed by atoms with Crippen molar-refractivity contribution in [2.45, 2.75) is 19.8 Å². The van der Waals surface area contributed by atoms with Crippen molar-refractivity contribution in [3.8, 4) is 5.06 Å². The van der Waals surface area contributed by atoms with E-state index in [2.05, 4.69) is 4.99 Å². The van der Waals surface area contributed by atoms with Crippen molar-refractivity contribution >= 4 is 23.5 Å². The summed E-state index contributed by atoms with van der Waals surface area (Å²) in [7, 11) is 0. The number of carbonyl (C=O) groups excluding carboxylic acids is 1. The van der Waals surface area contributed by atoms with Crippen molar-refractivity contribution in [2.24, 2.45) is 4.99 Å². The molecule has 0 aliphatic carbocycles. The van der Waals surface area contributed by atoms with Crippen molar-refractivity contribution in [3.63, 3.8) is 0 Å². The molecule has 1 aliphatic rings. The highest BCUT2D eigenvalue weighted by molar-refractivity contribution is 7.14. The van der Waals surface area contributed by atoms with E-state index in [1.165, 1.54) is 22.3 Å². The van der Waals surface area contributed by atoms with Gasteiger partial charge in [-0.3, -0.25) is 4.99 Å². The van der Waals surface area contributed by atoms with Gasteiger partial charge in [0.05, 0.1) is 0 Å². The molecule has 2 rings (SSSR count). The molecular formula is C12H13NO2S. The summed E-state index contributed by atoms with van der Waals surface area (Å²) in [6.45, 7) is 2.81. The van der Waals surface area contributed by atoms with Gasteiger partial charge in [-0.25, -0.2) is 4.79 Å². The smallest absolute Gasteiger partial charge is 0.336 e. The quantitative estimate of drug-likeness (QED) is 0.596. The van der Waals surface area contributed by atoms with Crippen LogP contribution < -0.4 is 4.74 Å². The predicted molar refractivity (Wildman–Crippen MR) is 65.6 cm³/mol. The number of nitrogens with zero attached hydrogens (tertiary/aromatic N) is 1. The van der Waals surface area contributed by atoms with Gasteiger partial charge in [-0.2, -0.15) is 0 Å². The first-order valence-corrected chi connectivity index (χ1v) is 6.12. The molecule has 0 N–H and O–H groups in total. The molecule has 0 saturated carbocycles. The molecule has 0 unspecified atom stereocenters. The van der Waals surface area contributed by atoms with E-state index in [1.54, 1.807) is 6.08 Å². The van der Waals surface area contributed by atoms with Gasteiger partial charge in [0.25, 0.3) is 0 Å². The van der Waals surface area contributed by atoms with Gasteiger partial charge in [-0.15, -0.1) is 11.3 Å². The molecule has 0 saturated heterocycles. The molecule has 0 spiro atoms. The van der Waals surface area contributed by atoms with E-state index in [-0.39, 0.29) is 5.97 Å². The van der Waals surface area contributed by atoms with Crippen LogP contribution in [0.5, 0.6) is 5.06 Å². The number of rotatable bonds is 3. The maximum Gasteiger partial charge on any atom is 0.336 e. The zero-order chi connectivity index (χ0) is 11.4. The second kappa shape index (κ2) is 5.07. The largest absolute Gasteiger partial charge is 0.412 e. The van der Waals surface area contributed by atoms with Gasteiger partial charge in [0.15, 0.2) is 5.06 Å². The van der Waals surface area contributed by atoms with Crippen molar-refractivity contribution in [1.29, 1.82) is 0 Å². The number of ether oxygens (including phenoxy) is 1. The number of esters is 1. The normalized spacial score (nSPS) is 14.1. The molecule has 2 heterocycles. The fourth-order valence-corrected chi connectivity index (χ4v) is 2.42. The molecule has 0 bridgehead atoms. The highest BCUT2D eigenvalue weighted by atomic mass is 32.1. The third-order valence-electron chi connectivity index (χ3n) is 2.21. The van der Waals surface area contributed by atoms with Crippen LogP contribution in [0.3, 0.4) is 0 Å². The fourth-order valence-electron chi connectivity index (χ4n) is 1.45. The molecule has 16 heavy (non-hydrogen) atoms. The number of hydrogen-bond donors (Lipinski definition) is 0. The first-order valence-electron chi connectivity index (χ1n) is 5.30. The standard InChI is InChI=1S/C12H13NO2S/c1-2-3-4-11(14)15-12-7-9-8-13-6-5-10(9)16-12/h3-4,7-8H,2,5-6H2,1H3. The van der Waals surface area contributed by atoms with Gasteiger partial charge in [-0.1, -0.05) is 13.0 Å². The summed E-state index contributed by atoms with van der Waals surface area (Å²) in [5.41, 5.74) is 1.08. The Morgan fingerprint density at radius 1 is 1.69 bits per heavy atom. The van der Waals surface area contributed by atoms with E-state index in [9.17, 15) is 4.79 Å². The summed E-state index contributed by atoms with van der Waals surface area (Å²) in [6.07, 6.45) is 6.88. The zero-order valence-electron chi connectivity index (χ0n) is 9.10. The van der Waals surface area contributed by atoms with Crippen LogP contribution in [0.1, 0.15) is 23.8 Å². The Hall–Kier alpha value is -1.42.